The Morgan fingerprint density at radius 3 is 2.74 bits per heavy atom. The summed E-state index contributed by atoms with van der Waals surface area (Å²) in [7, 11) is 0. The highest BCUT2D eigenvalue weighted by Gasteiger charge is 2.39. The molecule has 0 saturated heterocycles. The summed E-state index contributed by atoms with van der Waals surface area (Å²) >= 11 is 5.90. The molecule has 0 bridgehead atoms. The molecule has 1 saturated carbocycles. The minimum Gasteiger partial charge on any atom is -0.349 e. The second kappa shape index (κ2) is 5.02. The fraction of sp³-hybridized carbons (Fsp3) is 0.200. The van der Waals surface area contributed by atoms with Gasteiger partial charge in [0.05, 0.1) is 5.56 Å². The van der Waals surface area contributed by atoms with Crippen LogP contribution in [0.15, 0.2) is 48.7 Å². The molecule has 96 valence electrons. The quantitative estimate of drug-likeness (QED) is 0.873. The lowest BCUT2D eigenvalue weighted by Gasteiger charge is -2.05. The second-order valence-electron chi connectivity index (χ2n) is 4.67. The molecular formula is C15H13ClN2O. The van der Waals surface area contributed by atoms with Crippen molar-refractivity contribution in [1.29, 1.82) is 0 Å². The van der Waals surface area contributed by atoms with E-state index in [9.17, 15) is 4.79 Å². The van der Waals surface area contributed by atoms with Crippen molar-refractivity contribution in [3.8, 4) is 0 Å². The summed E-state index contributed by atoms with van der Waals surface area (Å²) in [5.74, 6) is 0.266. The zero-order valence-corrected chi connectivity index (χ0v) is 11.0. The molecule has 19 heavy (non-hydrogen) atoms. The van der Waals surface area contributed by atoms with Crippen LogP contribution in [0, 0.1) is 0 Å². The molecule has 1 aromatic heterocycles. The number of aromatic nitrogens is 1. The number of hydrogen-bond donors (Lipinski definition) is 1. The van der Waals surface area contributed by atoms with E-state index in [1.54, 1.807) is 18.3 Å². The van der Waals surface area contributed by atoms with Crippen LogP contribution in [0.25, 0.3) is 0 Å². The van der Waals surface area contributed by atoms with Crippen LogP contribution < -0.4 is 5.32 Å². The van der Waals surface area contributed by atoms with Crippen LogP contribution >= 0.6 is 11.6 Å². The predicted molar refractivity (Wildman–Crippen MR) is 74.3 cm³/mol. The maximum atomic E-state index is 12.1. The van der Waals surface area contributed by atoms with E-state index in [0.29, 0.717) is 11.5 Å². The van der Waals surface area contributed by atoms with Gasteiger partial charge in [-0.1, -0.05) is 41.9 Å². The lowest BCUT2D eigenvalue weighted by Crippen LogP contribution is -2.27. The molecule has 2 aromatic rings. The first-order valence-corrected chi connectivity index (χ1v) is 6.60. The van der Waals surface area contributed by atoms with E-state index in [4.69, 9.17) is 11.6 Å². The van der Waals surface area contributed by atoms with E-state index in [2.05, 4.69) is 22.4 Å². The Labute approximate surface area is 116 Å². The van der Waals surface area contributed by atoms with E-state index in [1.807, 2.05) is 18.2 Å². The van der Waals surface area contributed by atoms with Crippen molar-refractivity contribution in [2.75, 3.05) is 0 Å². The van der Waals surface area contributed by atoms with Crippen molar-refractivity contribution >= 4 is 17.5 Å². The Morgan fingerprint density at radius 2 is 2.00 bits per heavy atom. The van der Waals surface area contributed by atoms with Crippen LogP contribution in [0.4, 0.5) is 0 Å². The highest BCUT2D eigenvalue weighted by atomic mass is 35.5. The van der Waals surface area contributed by atoms with Crippen molar-refractivity contribution in [2.45, 2.75) is 18.4 Å². The fourth-order valence-corrected chi connectivity index (χ4v) is 2.43. The van der Waals surface area contributed by atoms with Crippen LogP contribution in [-0.2, 0) is 0 Å². The number of halogens is 1. The summed E-state index contributed by atoms with van der Waals surface area (Å²) < 4.78 is 0. The maximum Gasteiger partial charge on any atom is 0.254 e. The van der Waals surface area contributed by atoms with Crippen molar-refractivity contribution in [3.05, 3.63) is 64.9 Å². The van der Waals surface area contributed by atoms with Crippen molar-refractivity contribution in [2.24, 2.45) is 0 Å². The van der Waals surface area contributed by atoms with Crippen molar-refractivity contribution < 1.29 is 4.79 Å². The molecule has 1 amide bonds. The molecule has 1 heterocycles. The van der Waals surface area contributed by atoms with Gasteiger partial charge < -0.3 is 5.32 Å². The largest absolute Gasteiger partial charge is 0.349 e. The standard InChI is InChI=1S/C15H13ClN2O/c16-14-11(7-4-8-17-14)15(19)18-13-9-12(13)10-5-2-1-3-6-10/h1-8,12-13H,9H2,(H,18,19). The molecular weight excluding hydrogens is 260 g/mol. The molecule has 2 atom stereocenters. The third kappa shape index (κ3) is 2.61. The normalized spacial score (nSPS) is 20.9. The van der Waals surface area contributed by atoms with E-state index >= 15 is 0 Å². The summed E-state index contributed by atoms with van der Waals surface area (Å²) in [5.41, 5.74) is 1.70. The minimum absolute atomic E-state index is 0.151. The molecule has 3 rings (SSSR count). The molecule has 1 aliphatic carbocycles. The Balaban J connectivity index is 1.66. The van der Waals surface area contributed by atoms with E-state index < -0.39 is 0 Å². The zero-order chi connectivity index (χ0) is 13.2. The summed E-state index contributed by atoms with van der Waals surface area (Å²) in [5, 5.41) is 3.24. The number of benzene rings is 1. The molecule has 1 N–H and O–H groups in total. The van der Waals surface area contributed by atoms with Gasteiger partial charge in [0.25, 0.3) is 5.91 Å². The molecule has 3 nitrogen and oxygen atoms in total. The maximum absolute atomic E-state index is 12.1. The first-order chi connectivity index (χ1) is 9.25. The first kappa shape index (κ1) is 12.2. The Morgan fingerprint density at radius 1 is 1.21 bits per heavy atom. The summed E-state index contributed by atoms with van der Waals surface area (Å²) in [4.78, 5) is 16.0. The van der Waals surface area contributed by atoms with Gasteiger partial charge in [0.1, 0.15) is 5.15 Å². The summed E-state index contributed by atoms with van der Waals surface area (Å²) in [6.45, 7) is 0. The number of nitrogens with one attached hydrogen (secondary N) is 1. The summed E-state index contributed by atoms with van der Waals surface area (Å²) in [6.07, 6.45) is 2.55. The molecule has 0 aliphatic heterocycles. The van der Waals surface area contributed by atoms with Crippen LogP contribution in [0.5, 0.6) is 0 Å². The number of rotatable bonds is 3. The lowest BCUT2D eigenvalue weighted by atomic mass is 10.1. The number of amides is 1. The SMILES string of the molecule is O=C(NC1CC1c1ccccc1)c1cccnc1Cl. The number of pyridine rings is 1. The van der Waals surface area contributed by atoms with E-state index in [1.165, 1.54) is 5.56 Å². The van der Waals surface area contributed by atoms with Crippen LogP contribution in [-0.4, -0.2) is 16.9 Å². The van der Waals surface area contributed by atoms with Gasteiger partial charge in [0.2, 0.25) is 0 Å². The monoisotopic (exact) mass is 272 g/mol. The van der Waals surface area contributed by atoms with Gasteiger partial charge >= 0.3 is 0 Å². The fourth-order valence-electron chi connectivity index (χ4n) is 2.22. The topological polar surface area (TPSA) is 42.0 Å². The highest BCUT2D eigenvalue weighted by molar-refractivity contribution is 6.32. The van der Waals surface area contributed by atoms with Crippen molar-refractivity contribution in [1.82, 2.24) is 10.3 Å². The predicted octanol–water partition coefficient (Wildman–Crippen LogP) is 3.02. The zero-order valence-electron chi connectivity index (χ0n) is 10.2. The smallest absolute Gasteiger partial charge is 0.254 e. The molecule has 0 spiro atoms. The molecule has 4 heteroatoms. The molecule has 0 radical (unpaired) electrons. The van der Waals surface area contributed by atoms with E-state index in [-0.39, 0.29) is 17.1 Å². The Kier molecular flexibility index (Phi) is 3.22. The number of carbonyl (C=O) groups excluding carboxylic acids is 1. The number of carbonyl (C=O) groups is 1. The molecule has 1 aromatic carbocycles. The third-order valence-corrected chi connectivity index (χ3v) is 3.64. The van der Waals surface area contributed by atoms with Gasteiger partial charge in [-0.15, -0.1) is 0 Å². The van der Waals surface area contributed by atoms with Crippen LogP contribution in [0.3, 0.4) is 0 Å². The van der Waals surface area contributed by atoms with Crippen LogP contribution in [0.1, 0.15) is 28.3 Å². The van der Waals surface area contributed by atoms with Crippen LogP contribution in [0.2, 0.25) is 5.15 Å². The first-order valence-electron chi connectivity index (χ1n) is 6.22. The average Bonchev–Trinajstić information content (AvgIpc) is 3.19. The molecule has 2 unspecified atom stereocenters. The second-order valence-corrected chi connectivity index (χ2v) is 5.03. The average molecular weight is 273 g/mol. The third-order valence-electron chi connectivity index (χ3n) is 3.34. The highest BCUT2D eigenvalue weighted by Crippen LogP contribution is 2.40. The number of hydrogen-bond acceptors (Lipinski definition) is 2. The van der Waals surface area contributed by atoms with Gasteiger partial charge in [-0.3, -0.25) is 4.79 Å². The molecule has 1 aliphatic rings. The van der Waals surface area contributed by atoms with Gasteiger partial charge in [0, 0.05) is 18.2 Å². The van der Waals surface area contributed by atoms with E-state index in [0.717, 1.165) is 6.42 Å². The Bertz CT molecular complexity index is 600. The number of nitrogens with zero attached hydrogens (tertiary/aromatic N) is 1. The van der Waals surface area contributed by atoms with Gasteiger partial charge in [-0.2, -0.15) is 0 Å². The molecule has 1 fully saturated rings. The Hall–Kier alpha value is -1.87. The van der Waals surface area contributed by atoms with Gasteiger partial charge in [-0.05, 0) is 24.1 Å². The minimum atomic E-state index is -0.151. The van der Waals surface area contributed by atoms with Gasteiger partial charge in [-0.25, -0.2) is 4.98 Å². The van der Waals surface area contributed by atoms with Gasteiger partial charge in [0.15, 0.2) is 0 Å². The lowest BCUT2D eigenvalue weighted by molar-refractivity contribution is 0.0950. The van der Waals surface area contributed by atoms with Crippen molar-refractivity contribution in [3.63, 3.8) is 0 Å². The summed E-state index contributed by atoms with van der Waals surface area (Å²) in [6, 6.07) is 13.8.